The Morgan fingerprint density at radius 1 is 1.33 bits per heavy atom. The Labute approximate surface area is 147 Å². The molecule has 1 aliphatic rings. The van der Waals surface area contributed by atoms with E-state index in [1.807, 2.05) is 31.2 Å². The van der Waals surface area contributed by atoms with Gasteiger partial charge in [-0.15, -0.1) is 0 Å². The summed E-state index contributed by atoms with van der Waals surface area (Å²) in [4.78, 5) is 17.0. The number of carbonyl (C=O) groups excluding carboxylic acids is 1. The molecule has 0 bridgehead atoms. The number of hydrogen-bond donors (Lipinski definition) is 1. The number of amides is 1. The molecule has 0 atom stereocenters. The highest BCUT2D eigenvalue weighted by Crippen LogP contribution is 2.18. The van der Waals surface area contributed by atoms with Gasteiger partial charge in [0.25, 0.3) is 0 Å². The molecule has 24 heavy (non-hydrogen) atoms. The van der Waals surface area contributed by atoms with Gasteiger partial charge in [0.05, 0.1) is 6.54 Å². The minimum absolute atomic E-state index is 0.0964. The quantitative estimate of drug-likeness (QED) is 0.793. The molecular weight excluding hydrogens is 298 g/mol. The fourth-order valence-electron chi connectivity index (χ4n) is 3.41. The minimum atomic E-state index is 0.0964. The van der Waals surface area contributed by atoms with Crippen molar-refractivity contribution < 1.29 is 4.79 Å². The summed E-state index contributed by atoms with van der Waals surface area (Å²) in [6, 6.07) is 7.98. The number of aryl methyl sites for hydroxylation is 1. The molecule has 0 saturated carbocycles. The van der Waals surface area contributed by atoms with Crippen LogP contribution in [-0.4, -0.2) is 55.5 Å². The zero-order valence-corrected chi connectivity index (χ0v) is 15.6. The van der Waals surface area contributed by atoms with Crippen LogP contribution in [0.5, 0.6) is 0 Å². The Hall–Kier alpha value is -1.39. The van der Waals surface area contributed by atoms with Crippen LogP contribution in [-0.2, 0) is 4.79 Å². The van der Waals surface area contributed by atoms with Gasteiger partial charge in [-0.1, -0.05) is 25.5 Å². The lowest BCUT2D eigenvalue weighted by Crippen LogP contribution is -2.41. The minimum Gasteiger partial charge on any atom is -0.325 e. The Balaban J connectivity index is 1.68. The summed E-state index contributed by atoms with van der Waals surface area (Å²) in [6.07, 6.45) is 4.95. The van der Waals surface area contributed by atoms with Crippen molar-refractivity contribution in [3.63, 3.8) is 0 Å². The standard InChI is InChI=1S/C20H33N3O/c1-4-5-11-22(3)15-18-9-12-23(13-10-18)16-20(24)21-19-8-6-7-17(2)14-19/h6-8,14,18H,4-5,9-13,15-16H2,1-3H3,(H,21,24). The number of carbonyl (C=O) groups is 1. The van der Waals surface area contributed by atoms with Gasteiger partial charge in [-0.3, -0.25) is 9.69 Å². The van der Waals surface area contributed by atoms with Gasteiger partial charge in [-0.25, -0.2) is 0 Å². The van der Waals surface area contributed by atoms with Crippen LogP contribution in [0.3, 0.4) is 0 Å². The number of nitrogens with zero attached hydrogens (tertiary/aromatic N) is 2. The number of piperidine rings is 1. The SMILES string of the molecule is CCCCN(C)CC1CCN(CC(=O)Nc2cccc(C)c2)CC1. The highest BCUT2D eigenvalue weighted by Gasteiger charge is 2.21. The zero-order valence-electron chi connectivity index (χ0n) is 15.6. The van der Waals surface area contributed by atoms with Crippen molar-refractivity contribution >= 4 is 11.6 Å². The summed E-state index contributed by atoms with van der Waals surface area (Å²) in [6.45, 7) is 9.26. The van der Waals surface area contributed by atoms with Crippen LogP contribution in [0.4, 0.5) is 5.69 Å². The summed E-state index contributed by atoms with van der Waals surface area (Å²) in [5, 5.41) is 3.01. The Kier molecular flexibility index (Phi) is 7.73. The summed E-state index contributed by atoms with van der Waals surface area (Å²) < 4.78 is 0. The summed E-state index contributed by atoms with van der Waals surface area (Å²) in [5.74, 6) is 0.877. The van der Waals surface area contributed by atoms with E-state index in [-0.39, 0.29) is 5.91 Å². The van der Waals surface area contributed by atoms with E-state index >= 15 is 0 Å². The largest absolute Gasteiger partial charge is 0.325 e. The summed E-state index contributed by atoms with van der Waals surface area (Å²) in [7, 11) is 2.23. The van der Waals surface area contributed by atoms with Crippen molar-refractivity contribution in [2.24, 2.45) is 5.92 Å². The van der Waals surface area contributed by atoms with Crippen LogP contribution in [0.2, 0.25) is 0 Å². The van der Waals surface area contributed by atoms with E-state index in [9.17, 15) is 4.79 Å². The predicted octanol–water partition coefficient (Wildman–Crippen LogP) is 3.38. The number of unbranched alkanes of at least 4 members (excludes halogenated alkanes) is 1. The van der Waals surface area contributed by atoms with Gasteiger partial charge in [0, 0.05) is 12.2 Å². The average molecular weight is 332 g/mol. The lowest BCUT2D eigenvalue weighted by atomic mass is 9.96. The maximum atomic E-state index is 12.2. The Morgan fingerprint density at radius 2 is 2.08 bits per heavy atom. The smallest absolute Gasteiger partial charge is 0.238 e. The fraction of sp³-hybridized carbons (Fsp3) is 0.650. The van der Waals surface area contributed by atoms with Gasteiger partial charge in [0.2, 0.25) is 5.91 Å². The second-order valence-electron chi connectivity index (χ2n) is 7.25. The van der Waals surface area contributed by atoms with Crippen LogP contribution >= 0.6 is 0 Å². The van der Waals surface area contributed by atoms with E-state index in [1.54, 1.807) is 0 Å². The third-order valence-electron chi connectivity index (χ3n) is 4.84. The number of hydrogen-bond acceptors (Lipinski definition) is 3. The van der Waals surface area contributed by atoms with Gasteiger partial charge in [-0.05, 0) is 76.5 Å². The average Bonchev–Trinajstić information content (AvgIpc) is 2.54. The molecule has 1 saturated heterocycles. The van der Waals surface area contributed by atoms with Gasteiger partial charge in [0.15, 0.2) is 0 Å². The molecule has 0 spiro atoms. The molecule has 4 heteroatoms. The molecule has 0 unspecified atom stereocenters. The zero-order chi connectivity index (χ0) is 17.4. The van der Waals surface area contributed by atoms with Gasteiger partial charge < -0.3 is 10.2 Å². The van der Waals surface area contributed by atoms with Crippen molar-refractivity contribution in [2.75, 3.05) is 45.1 Å². The van der Waals surface area contributed by atoms with Crippen molar-refractivity contribution in [3.8, 4) is 0 Å². The summed E-state index contributed by atoms with van der Waals surface area (Å²) in [5.41, 5.74) is 2.06. The molecule has 1 heterocycles. The molecule has 1 amide bonds. The van der Waals surface area contributed by atoms with E-state index in [1.165, 1.54) is 44.3 Å². The molecule has 0 radical (unpaired) electrons. The Morgan fingerprint density at radius 3 is 2.75 bits per heavy atom. The molecule has 4 nitrogen and oxygen atoms in total. The molecular formula is C20H33N3O. The first kappa shape index (κ1) is 18.9. The van der Waals surface area contributed by atoms with Gasteiger partial charge in [0.1, 0.15) is 0 Å². The third-order valence-corrected chi connectivity index (χ3v) is 4.84. The van der Waals surface area contributed by atoms with Crippen molar-refractivity contribution in [1.29, 1.82) is 0 Å². The van der Waals surface area contributed by atoms with E-state index < -0.39 is 0 Å². The fourth-order valence-corrected chi connectivity index (χ4v) is 3.41. The molecule has 1 aliphatic heterocycles. The first-order valence-corrected chi connectivity index (χ1v) is 9.34. The monoisotopic (exact) mass is 331 g/mol. The van der Waals surface area contributed by atoms with Gasteiger partial charge in [-0.2, -0.15) is 0 Å². The summed E-state index contributed by atoms with van der Waals surface area (Å²) >= 11 is 0. The topological polar surface area (TPSA) is 35.6 Å². The number of likely N-dealkylation sites (tertiary alicyclic amines) is 1. The molecule has 0 aromatic heterocycles. The molecule has 1 N–H and O–H groups in total. The second kappa shape index (κ2) is 9.80. The van der Waals surface area contributed by atoms with E-state index in [0.29, 0.717) is 6.54 Å². The number of nitrogens with one attached hydrogen (secondary N) is 1. The normalized spacial score (nSPS) is 16.5. The van der Waals surface area contributed by atoms with E-state index in [2.05, 4.69) is 29.1 Å². The van der Waals surface area contributed by atoms with Crippen molar-refractivity contribution in [2.45, 2.75) is 39.5 Å². The maximum absolute atomic E-state index is 12.2. The molecule has 2 rings (SSSR count). The van der Waals surface area contributed by atoms with Gasteiger partial charge >= 0.3 is 0 Å². The highest BCUT2D eigenvalue weighted by atomic mass is 16.2. The van der Waals surface area contributed by atoms with Crippen LogP contribution < -0.4 is 5.32 Å². The van der Waals surface area contributed by atoms with Crippen molar-refractivity contribution in [3.05, 3.63) is 29.8 Å². The molecule has 1 aromatic carbocycles. The number of rotatable bonds is 8. The molecule has 134 valence electrons. The number of benzene rings is 1. The first-order chi connectivity index (χ1) is 11.6. The highest BCUT2D eigenvalue weighted by molar-refractivity contribution is 5.92. The van der Waals surface area contributed by atoms with Crippen LogP contribution in [0.15, 0.2) is 24.3 Å². The second-order valence-corrected chi connectivity index (χ2v) is 7.25. The van der Waals surface area contributed by atoms with Crippen molar-refractivity contribution in [1.82, 2.24) is 9.80 Å². The predicted molar refractivity (Wildman–Crippen MR) is 101 cm³/mol. The van der Waals surface area contributed by atoms with E-state index in [0.717, 1.165) is 24.7 Å². The van der Waals surface area contributed by atoms with Crippen LogP contribution in [0, 0.1) is 12.8 Å². The Bertz CT molecular complexity index is 509. The molecule has 1 aromatic rings. The lowest BCUT2D eigenvalue weighted by Gasteiger charge is -2.33. The molecule has 0 aliphatic carbocycles. The third kappa shape index (κ3) is 6.62. The maximum Gasteiger partial charge on any atom is 0.238 e. The van der Waals surface area contributed by atoms with E-state index in [4.69, 9.17) is 0 Å². The lowest BCUT2D eigenvalue weighted by molar-refractivity contribution is -0.117. The number of anilines is 1. The molecule has 1 fully saturated rings. The van der Waals surface area contributed by atoms with Crippen LogP contribution in [0.25, 0.3) is 0 Å². The van der Waals surface area contributed by atoms with Crippen LogP contribution in [0.1, 0.15) is 38.2 Å². The first-order valence-electron chi connectivity index (χ1n) is 9.34.